The lowest BCUT2D eigenvalue weighted by Gasteiger charge is -2.07. The zero-order chi connectivity index (χ0) is 14.8. The van der Waals surface area contributed by atoms with Crippen molar-refractivity contribution < 1.29 is 22.3 Å². The summed E-state index contributed by atoms with van der Waals surface area (Å²) in [4.78, 5) is -0.105. The molecule has 0 aliphatic carbocycles. The summed E-state index contributed by atoms with van der Waals surface area (Å²) in [7, 11) is -3.79. The Morgan fingerprint density at radius 1 is 1.30 bits per heavy atom. The van der Waals surface area contributed by atoms with Crippen LogP contribution in [0.5, 0.6) is 0 Å². The zero-order valence-corrected chi connectivity index (χ0v) is 11.6. The Balaban J connectivity index is 2.17. The van der Waals surface area contributed by atoms with Crippen LogP contribution in [0.3, 0.4) is 0 Å². The van der Waals surface area contributed by atoms with Gasteiger partial charge in [-0.3, -0.25) is 0 Å². The molecule has 0 radical (unpaired) electrons. The number of benzene rings is 1. The first-order valence-electron chi connectivity index (χ1n) is 5.86. The maximum absolute atomic E-state index is 13.2. The predicted octanol–water partition coefficient (Wildman–Crippen LogP) is 1.70. The average molecular weight is 299 g/mol. The van der Waals surface area contributed by atoms with Crippen LogP contribution in [0, 0.1) is 12.7 Å². The van der Waals surface area contributed by atoms with Gasteiger partial charge in [0.2, 0.25) is 10.0 Å². The van der Waals surface area contributed by atoms with Crippen LogP contribution in [0.4, 0.5) is 4.39 Å². The SMILES string of the molecule is Cc1ccc(CNS(=O)(=O)c2ccc(F)c(CO)c2)o1. The Bertz CT molecular complexity index is 709. The topological polar surface area (TPSA) is 79.5 Å². The van der Waals surface area contributed by atoms with E-state index in [0.717, 1.165) is 18.2 Å². The molecule has 0 amide bonds. The van der Waals surface area contributed by atoms with E-state index >= 15 is 0 Å². The van der Waals surface area contributed by atoms with Crippen molar-refractivity contribution in [2.24, 2.45) is 0 Å². The van der Waals surface area contributed by atoms with Crippen molar-refractivity contribution in [2.45, 2.75) is 25.0 Å². The molecular weight excluding hydrogens is 285 g/mol. The average Bonchev–Trinajstić information content (AvgIpc) is 2.83. The summed E-state index contributed by atoms with van der Waals surface area (Å²) in [5, 5.41) is 8.95. The molecule has 2 rings (SSSR count). The summed E-state index contributed by atoms with van der Waals surface area (Å²) in [6.07, 6.45) is 0. The normalized spacial score (nSPS) is 11.8. The number of rotatable bonds is 5. The highest BCUT2D eigenvalue weighted by molar-refractivity contribution is 7.89. The quantitative estimate of drug-likeness (QED) is 0.880. The second-order valence-corrected chi connectivity index (χ2v) is 6.02. The molecule has 1 heterocycles. The number of hydrogen-bond acceptors (Lipinski definition) is 4. The van der Waals surface area contributed by atoms with Gasteiger partial charge in [-0.1, -0.05) is 0 Å². The number of hydrogen-bond donors (Lipinski definition) is 2. The number of furan rings is 1. The fraction of sp³-hybridized carbons (Fsp3) is 0.231. The van der Waals surface area contributed by atoms with Crippen LogP contribution in [0.25, 0.3) is 0 Å². The highest BCUT2D eigenvalue weighted by Gasteiger charge is 2.16. The molecule has 2 aromatic rings. The van der Waals surface area contributed by atoms with Gasteiger partial charge in [0.25, 0.3) is 0 Å². The number of nitrogens with one attached hydrogen (secondary N) is 1. The number of sulfonamides is 1. The van der Waals surface area contributed by atoms with Gasteiger partial charge in [-0.25, -0.2) is 17.5 Å². The van der Waals surface area contributed by atoms with Crippen LogP contribution in [0.2, 0.25) is 0 Å². The first-order valence-corrected chi connectivity index (χ1v) is 7.35. The van der Waals surface area contributed by atoms with Gasteiger partial charge in [0, 0.05) is 5.56 Å². The summed E-state index contributed by atoms with van der Waals surface area (Å²) in [6.45, 7) is 1.19. The lowest BCUT2D eigenvalue weighted by Crippen LogP contribution is -2.23. The number of aliphatic hydroxyl groups excluding tert-OH is 1. The highest BCUT2D eigenvalue weighted by Crippen LogP contribution is 2.16. The lowest BCUT2D eigenvalue weighted by atomic mass is 10.2. The van der Waals surface area contributed by atoms with Crippen molar-refractivity contribution in [3.8, 4) is 0 Å². The smallest absolute Gasteiger partial charge is 0.240 e. The monoisotopic (exact) mass is 299 g/mol. The lowest BCUT2D eigenvalue weighted by molar-refractivity contribution is 0.275. The summed E-state index contributed by atoms with van der Waals surface area (Å²) in [5.41, 5.74) is -0.0679. The molecule has 7 heteroatoms. The van der Waals surface area contributed by atoms with Crippen LogP contribution in [0.1, 0.15) is 17.1 Å². The molecule has 0 fully saturated rings. The fourth-order valence-electron chi connectivity index (χ4n) is 1.67. The van der Waals surface area contributed by atoms with Gasteiger partial charge in [0.15, 0.2) is 0 Å². The third-order valence-corrected chi connectivity index (χ3v) is 4.13. The van der Waals surface area contributed by atoms with Crippen molar-refractivity contribution in [3.63, 3.8) is 0 Å². The predicted molar refractivity (Wildman–Crippen MR) is 69.8 cm³/mol. The van der Waals surface area contributed by atoms with Crippen molar-refractivity contribution in [1.29, 1.82) is 0 Å². The van der Waals surface area contributed by atoms with Crippen LogP contribution in [-0.2, 0) is 23.2 Å². The summed E-state index contributed by atoms with van der Waals surface area (Å²) in [6, 6.07) is 6.65. The molecule has 0 saturated carbocycles. The third-order valence-electron chi connectivity index (χ3n) is 2.73. The van der Waals surface area contributed by atoms with E-state index in [-0.39, 0.29) is 17.0 Å². The minimum atomic E-state index is -3.79. The molecule has 1 aromatic carbocycles. The number of halogens is 1. The highest BCUT2D eigenvalue weighted by atomic mass is 32.2. The fourth-order valence-corrected chi connectivity index (χ4v) is 2.71. The largest absolute Gasteiger partial charge is 0.465 e. The minimum absolute atomic E-state index is 0.00199. The van der Waals surface area contributed by atoms with E-state index in [0.29, 0.717) is 11.5 Å². The Labute approximate surface area is 116 Å². The summed E-state index contributed by atoms with van der Waals surface area (Å²) < 4.78 is 44.9. The standard InChI is InChI=1S/C13H14FNO4S/c1-9-2-3-11(19-9)7-15-20(17,18)12-4-5-13(14)10(6-12)8-16/h2-6,15-16H,7-8H2,1H3. The van der Waals surface area contributed by atoms with E-state index in [9.17, 15) is 12.8 Å². The minimum Gasteiger partial charge on any atom is -0.465 e. The van der Waals surface area contributed by atoms with E-state index in [2.05, 4.69) is 4.72 Å². The molecule has 2 N–H and O–H groups in total. The van der Waals surface area contributed by atoms with Crippen LogP contribution in [-0.4, -0.2) is 13.5 Å². The van der Waals surface area contributed by atoms with Gasteiger partial charge < -0.3 is 9.52 Å². The molecule has 0 aliphatic rings. The van der Waals surface area contributed by atoms with Gasteiger partial charge in [-0.2, -0.15) is 0 Å². The first kappa shape index (κ1) is 14.7. The zero-order valence-electron chi connectivity index (χ0n) is 10.8. The van der Waals surface area contributed by atoms with Crippen molar-refractivity contribution >= 4 is 10.0 Å². The van der Waals surface area contributed by atoms with E-state index < -0.39 is 22.4 Å². The Hall–Kier alpha value is -1.70. The van der Waals surface area contributed by atoms with Gasteiger partial charge in [0.1, 0.15) is 17.3 Å². The van der Waals surface area contributed by atoms with Gasteiger partial charge in [-0.15, -0.1) is 0 Å². The molecule has 0 atom stereocenters. The summed E-state index contributed by atoms with van der Waals surface area (Å²) in [5.74, 6) is 0.521. The van der Waals surface area contributed by atoms with Crippen molar-refractivity contribution in [3.05, 3.63) is 53.2 Å². The second kappa shape index (κ2) is 5.74. The molecule has 5 nitrogen and oxygen atoms in total. The Morgan fingerprint density at radius 2 is 2.05 bits per heavy atom. The third kappa shape index (κ3) is 3.24. The van der Waals surface area contributed by atoms with Gasteiger partial charge in [0.05, 0.1) is 18.0 Å². The molecule has 0 saturated heterocycles. The Kier molecular flexibility index (Phi) is 4.22. The van der Waals surface area contributed by atoms with E-state index in [1.54, 1.807) is 19.1 Å². The van der Waals surface area contributed by atoms with Gasteiger partial charge in [-0.05, 0) is 37.3 Å². The molecular formula is C13H14FNO4S. The molecule has 0 aliphatic heterocycles. The van der Waals surface area contributed by atoms with E-state index in [1.807, 2.05) is 0 Å². The van der Waals surface area contributed by atoms with E-state index in [1.165, 1.54) is 0 Å². The molecule has 0 unspecified atom stereocenters. The molecule has 1 aromatic heterocycles. The molecule has 0 spiro atoms. The van der Waals surface area contributed by atoms with Crippen molar-refractivity contribution in [2.75, 3.05) is 0 Å². The number of aryl methyl sites for hydroxylation is 1. The maximum Gasteiger partial charge on any atom is 0.240 e. The molecule has 20 heavy (non-hydrogen) atoms. The second-order valence-electron chi connectivity index (χ2n) is 4.25. The van der Waals surface area contributed by atoms with Crippen LogP contribution in [0.15, 0.2) is 39.6 Å². The number of aliphatic hydroxyl groups is 1. The van der Waals surface area contributed by atoms with Crippen molar-refractivity contribution in [1.82, 2.24) is 4.72 Å². The Morgan fingerprint density at radius 3 is 2.65 bits per heavy atom. The van der Waals surface area contributed by atoms with Gasteiger partial charge >= 0.3 is 0 Å². The van der Waals surface area contributed by atoms with Crippen LogP contribution >= 0.6 is 0 Å². The first-order chi connectivity index (χ1) is 9.42. The van der Waals surface area contributed by atoms with E-state index in [4.69, 9.17) is 9.52 Å². The molecule has 108 valence electrons. The molecule has 0 bridgehead atoms. The maximum atomic E-state index is 13.2. The van der Waals surface area contributed by atoms with Crippen LogP contribution < -0.4 is 4.72 Å². The summed E-state index contributed by atoms with van der Waals surface area (Å²) >= 11 is 0.